The minimum absolute atomic E-state index is 0.00836. The third-order valence-corrected chi connectivity index (χ3v) is 10.2. The number of carbonyl (C=O) groups excluding carboxylic acids is 1. The second-order valence-electron chi connectivity index (χ2n) is 8.47. The number of likely N-dealkylation sites (N-methyl/N-ethyl adjacent to an activating group) is 2. The van der Waals surface area contributed by atoms with Gasteiger partial charge in [0.25, 0.3) is 0 Å². The summed E-state index contributed by atoms with van der Waals surface area (Å²) in [5.41, 5.74) is 5.96. The van der Waals surface area contributed by atoms with Crippen molar-refractivity contribution in [1.29, 1.82) is 0 Å². The number of anilines is 2. The van der Waals surface area contributed by atoms with Gasteiger partial charge in [-0.1, -0.05) is 13.1 Å². The summed E-state index contributed by atoms with van der Waals surface area (Å²) < 4.78 is 0. The zero-order valence-corrected chi connectivity index (χ0v) is 16.8. The fraction of sp³-hybridized carbons (Fsp3) is 0.381. The molecule has 2 aromatic carbocycles. The van der Waals surface area contributed by atoms with Crippen LogP contribution in [-0.2, 0) is 12.8 Å². The molecule has 3 heterocycles. The van der Waals surface area contributed by atoms with Crippen molar-refractivity contribution in [2.75, 3.05) is 37.0 Å². The fourth-order valence-corrected chi connectivity index (χ4v) is 7.99. The molecule has 0 atom stereocenters. The number of rotatable bonds is 0. The first-order valence-corrected chi connectivity index (χ1v) is 12.3. The molecule has 3 aliphatic rings. The Morgan fingerprint density at radius 2 is 1.62 bits per heavy atom. The Morgan fingerprint density at radius 1 is 0.962 bits per heavy atom. The Morgan fingerprint density at radius 3 is 2.38 bits per heavy atom. The molecule has 0 saturated carbocycles. The van der Waals surface area contributed by atoms with Crippen molar-refractivity contribution in [3.8, 4) is 5.75 Å². The van der Waals surface area contributed by atoms with E-state index in [1.54, 1.807) is 0 Å². The molecule has 0 saturated heterocycles. The van der Waals surface area contributed by atoms with Crippen LogP contribution in [-0.4, -0.2) is 46.1 Å². The topological polar surface area (TPSA) is 43.8 Å². The number of carbonyl (C=O) groups is 1. The lowest BCUT2D eigenvalue weighted by Crippen LogP contribution is -2.60. The SMILES string of the molecule is CN1CCc2cc3c(cc21)[Si](C)(C)c1cc2c(c(O)c1C3=O)CCN2C. The second-order valence-corrected chi connectivity index (χ2v) is 12.8. The second kappa shape index (κ2) is 4.91. The molecule has 0 spiro atoms. The molecule has 134 valence electrons. The minimum atomic E-state index is -2.08. The van der Waals surface area contributed by atoms with Crippen LogP contribution in [0.25, 0.3) is 0 Å². The third-order valence-electron chi connectivity index (χ3n) is 6.66. The van der Waals surface area contributed by atoms with Crippen LogP contribution in [0.4, 0.5) is 11.4 Å². The summed E-state index contributed by atoms with van der Waals surface area (Å²) in [6, 6.07) is 6.56. The molecule has 0 fully saturated rings. The Bertz CT molecular complexity index is 996. The number of ketones is 1. The molecule has 1 N–H and O–H groups in total. The van der Waals surface area contributed by atoms with E-state index < -0.39 is 8.07 Å². The van der Waals surface area contributed by atoms with Crippen LogP contribution in [0, 0.1) is 0 Å². The normalized spacial score (nSPS) is 19.3. The lowest BCUT2D eigenvalue weighted by Gasteiger charge is -2.35. The summed E-state index contributed by atoms with van der Waals surface area (Å²) in [5, 5.41) is 13.3. The summed E-state index contributed by atoms with van der Waals surface area (Å²) in [7, 11) is 2.10. The van der Waals surface area contributed by atoms with Crippen LogP contribution in [0.1, 0.15) is 27.0 Å². The molecule has 3 aliphatic heterocycles. The molecule has 2 aromatic rings. The predicted octanol–water partition coefficient (Wildman–Crippen LogP) is 1.74. The van der Waals surface area contributed by atoms with Crippen LogP contribution >= 0.6 is 0 Å². The van der Waals surface area contributed by atoms with Gasteiger partial charge in [0, 0.05) is 49.7 Å². The van der Waals surface area contributed by atoms with Crippen molar-refractivity contribution in [2.45, 2.75) is 25.9 Å². The molecule has 0 unspecified atom stereocenters. The number of phenols is 1. The van der Waals surface area contributed by atoms with Crippen molar-refractivity contribution >= 4 is 35.6 Å². The van der Waals surface area contributed by atoms with Gasteiger partial charge in [-0.25, -0.2) is 0 Å². The quantitative estimate of drug-likeness (QED) is 0.724. The van der Waals surface area contributed by atoms with Crippen molar-refractivity contribution in [3.05, 3.63) is 40.5 Å². The average Bonchev–Trinajstić information content (AvgIpc) is 3.16. The summed E-state index contributed by atoms with van der Waals surface area (Å²) in [6.45, 7) is 6.51. The van der Waals surface area contributed by atoms with Gasteiger partial charge in [-0.15, -0.1) is 0 Å². The number of benzene rings is 2. The molecule has 0 aliphatic carbocycles. The Balaban J connectivity index is 1.81. The zero-order chi connectivity index (χ0) is 18.4. The molecule has 4 nitrogen and oxygen atoms in total. The number of hydrogen-bond donors (Lipinski definition) is 1. The summed E-state index contributed by atoms with van der Waals surface area (Å²) in [6.07, 6.45) is 1.80. The van der Waals surface area contributed by atoms with Crippen LogP contribution in [0.3, 0.4) is 0 Å². The maximum Gasteiger partial charge on any atom is 0.196 e. The van der Waals surface area contributed by atoms with E-state index in [0.717, 1.165) is 47.9 Å². The highest BCUT2D eigenvalue weighted by atomic mass is 28.3. The highest BCUT2D eigenvalue weighted by molar-refractivity contribution is 7.02. The number of fused-ring (bicyclic) bond motifs is 4. The number of phenolic OH excluding ortho intramolecular Hbond substituents is 1. The molecule has 26 heavy (non-hydrogen) atoms. The molecule has 5 heteroatoms. The highest BCUT2D eigenvalue weighted by Gasteiger charge is 2.43. The maximum atomic E-state index is 13.4. The van der Waals surface area contributed by atoms with Gasteiger partial charge in [0.15, 0.2) is 5.78 Å². The van der Waals surface area contributed by atoms with E-state index in [4.69, 9.17) is 0 Å². The lowest BCUT2D eigenvalue weighted by atomic mass is 9.96. The smallest absolute Gasteiger partial charge is 0.196 e. The van der Waals surface area contributed by atoms with Gasteiger partial charge in [-0.3, -0.25) is 4.79 Å². The maximum absolute atomic E-state index is 13.4. The van der Waals surface area contributed by atoms with Crippen molar-refractivity contribution in [2.24, 2.45) is 0 Å². The van der Waals surface area contributed by atoms with Gasteiger partial charge in [0.05, 0.1) is 5.56 Å². The van der Waals surface area contributed by atoms with Gasteiger partial charge in [-0.2, -0.15) is 0 Å². The van der Waals surface area contributed by atoms with Gasteiger partial charge < -0.3 is 14.9 Å². The minimum Gasteiger partial charge on any atom is -0.507 e. The van der Waals surface area contributed by atoms with Crippen LogP contribution in [0.15, 0.2) is 18.2 Å². The summed E-state index contributed by atoms with van der Waals surface area (Å²) >= 11 is 0. The van der Waals surface area contributed by atoms with E-state index >= 15 is 0 Å². The Kier molecular flexibility index (Phi) is 3.01. The monoisotopic (exact) mass is 364 g/mol. The van der Waals surface area contributed by atoms with E-state index in [1.165, 1.54) is 16.4 Å². The van der Waals surface area contributed by atoms with Gasteiger partial charge in [-0.05, 0) is 47.0 Å². The van der Waals surface area contributed by atoms with Gasteiger partial charge in [0.1, 0.15) is 13.8 Å². The first kappa shape index (κ1) is 15.9. The highest BCUT2D eigenvalue weighted by Crippen LogP contribution is 2.39. The van der Waals surface area contributed by atoms with Gasteiger partial charge in [0.2, 0.25) is 0 Å². The molecule has 0 radical (unpaired) electrons. The molecule has 0 bridgehead atoms. The van der Waals surface area contributed by atoms with Crippen molar-refractivity contribution in [3.63, 3.8) is 0 Å². The van der Waals surface area contributed by atoms with Crippen molar-refractivity contribution < 1.29 is 9.90 Å². The van der Waals surface area contributed by atoms with E-state index in [2.05, 4.69) is 55.2 Å². The standard InChI is InChI=1S/C21H24N2O2Si/c1-22-7-5-12-9-14-17(10-15(12)22)26(3,4)18-11-16-13(6-8-23(16)2)20(24)19(18)21(14)25/h9-11,24H,5-8H2,1-4H3. The zero-order valence-electron chi connectivity index (χ0n) is 15.8. The molecular weight excluding hydrogens is 340 g/mol. The molecule has 0 amide bonds. The molecule has 5 rings (SSSR count). The van der Waals surface area contributed by atoms with E-state index in [9.17, 15) is 9.90 Å². The number of nitrogens with zero attached hydrogens (tertiary/aromatic N) is 2. The first-order chi connectivity index (χ1) is 12.3. The molecule has 0 aromatic heterocycles. The van der Waals surface area contributed by atoms with Crippen LogP contribution in [0.2, 0.25) is 13.1 Å². The fourth-order valence-electron chi connectivity index (χ4n) is 4.99. The lowest BCUT2D eigenvalue weighted by molar-refractivity contribution is 0.103. The van der Waals surface area contributed by atoms with E-state index in [-0.39, 0.29) is 11.5 Å². The number of hydrogen-bond acceptors (Lipinski definition) is 4. The molecular formula is C21H24N2O2Si. The summed E-state index contributed by atoms with van der Waals surface area (Å²) in [5.74, 6) is 0.240. The van der Waals surface area contributed by atoms with Crippen LogP contribution in [0.5, 0.6) is 5.75 Å². The predicted molar refractivity (Wildman–Crippen MR) is 109 cm³/mol. The Hall–Kier alpha value is -2.27. The van der Waals surface area contributed by atoms with E-state index in [0.29, 0.717) is 5.56 Å². The summed E-state index contributed by atoms with van der Waals surface area (Å²) in [4.78, 5) is 17.9. The average molecular weight is 365 g/mol. The van der Waals surface area contributed by atoms with Crippen LogP contribution < -0.4 is 20.2 Å². The number of aromatic hydroxyl groups is 1. The first-order valence-electron chi connectivity index (χ1n) is 9.34. The van der Waals surface area contributed by atoms with Crippen molar-refractivity contribution in [1.82, 2.24) is 0 Å². The largest absolute Gasteiger partial charge is 0.507 e. The van der Waals surface area contributed by atoms with E-state index in [1.807, 2.05) is 0 Å². The van der Waals surface area contributed by atoms with Gasteiger partial charge >= 0.3 is 0 Å². The third kappa shape index (κ3) is 1.81. The Labute approximate surface area is 155 Å².